The molecule has 3 N–H and O–H groups in total. The summed E-state index contributed by atoms with van der Waals surface area (Å²) in [6.45, 7) is 1.89. The lowest BCUT2D eigenvalue weighted by Crippen LogP contribution is -2.25. The number of amides is 2. The number of methoxy groups -OCH3 is 1. The Morgan fingerprint density at radius 2 is 1.63 bits per heavy atom. The van der Waals surface area contributed by atoms with Gasteiger partial charge in [0.05, 0.1) is 13.2 Å². The van der Waals surface area contributed by atoms with Crippen LogP contribution in [0.1, 0.15) is 28.8 Å². The van der Waals surface area contributed by atoms with Crippen molar-refractivity contribution in [3.05, 3.63) is 90.0 Å². The van der Waals surface area contributed by atoms with Crippen LogP contribution in [0.3, 0.4) is 0 Å². The Morgan fingerprint density at radius 3 is 2.40 bits per heavy atom. The van der Waals surface area contributed by atoms with E-state index in [9.17, 15) is 9.59 Å². The number of hydrogen-bond donors (Lipinski definition) is 3. The highest BCUT2D eigenvalue weighted by Crippen LogP contribution is 2.18. The van der Waals surface area contributed by atoms with Crippen LogP contribution < -0.4 is 20.7 Å². The maximum absolute atomic E-state index is 12.3. The maximum Gasteiger partial charge on any atom is 0.251 e. The van der Waals surface area contributed by atoms with Gasteiger partial charge in [-0.15, -0.1) is 0 Å². The van der Waals surface area contributed by atoms with Gasteiger partial charge in [0.2, 0.25) is 5.91 Å². The number of carbonyl (C=O) groups excluding carboxylic acids is 2. The van der Waals surface area contributed by atoms with Crippen LogP contribution in [0.5, 0.6) is 5.75 Å². The fraction of sp³-hybridized carbons (Fsp3) is 0.286. The Bertz CT molecular complexity index is 1060. The molecule has 0 saturated carbocycles. The van der Waals surface area contributed by atoms with Gasteiger partial charge < -0.3 is 25.4 Å². The zero-order chi connectivity index (χ0) is 24.7. The van der Waals surface area contributed by atoms with Crippen molar-refractivity contribution in [1.29, 1.82) is 0 Å². The second kappa shape index (κ2) is 14.4. The minimum absolute atomic E-state index is 0.110. The number of anilines is 2. The van der Waals surface area contributed by atoms with Gasteiger partial charge in [-0.25, -0.2) is 0 Å². The summed E-state index contributed by atoms with van der Waals surface area (Å²) in [5.41, 5.74) is 3.27. The lowest BCUT2D eigenvalue weighted by atomic mass is 10.1. The third kappa shape index (κ3) is 9.51. The molecule has 0 aliphatic rings. The molecule has 0 unspecified atom stereocenters. The second-order valence-corrected chi connectivity index (χ2v) is 8.05. The normalized spacial score (nSPS) is 10.4. The van der Waals surface area contributed by atoms with Gasteiger partial charge in [-0.2, -0.15) is 0 Å². The lowest BCUT2D eigenvalue weighted by Gasteiger charge is -2.11. The minimum Gasteiger partial charge on any atom is -0.494 e. The zero-order valence-corrected chi connectivity index (χ0v) is 20.1. The highest BCUT2D eigenvalue weighted by Gasteiger charge is 2.07. The van der Waals surface area contributed by atoms with Crippen LogP contribution in [0.15, 0.2) is 78.9 Å². The topological polar surface area (TPSA) is 88.7 Å². The SMILES string of the molecule is COCCCNC(=O)c1ccc(NC(=O)CNc2cccc(OCCCc3ccccc3)c2)cc1. The summed E-state index contributed by atoms with van der Waals surface area (Å²) in [5.74, 6) is 0.429. The first kappa shape index (κ1) is 25.8. The van der Waals surface area contributed by atoms with Crippen molar-refractivity contribution in [2.45, 2.75) is 19.3 Å². The first-order valence-electron chi connectivity index (χ1n) is 11.8. The van der Waals surface area contributed by atoms with Crippen molar-refractivity contribution in [1.82, 2.24) is 5.32 Å². The van der Waals surface area contributed by atoms with Gasteiger partial charge in [-0.05, 0) is 61.2 Å². The first-order chi connectivity index (χ1) is 17.1. The fourth-order valence-corrected chi connectivity index (χ4v) is 3.42. The third-order valence-electron chi connectivity index (χ3n) is 5.25. The summed E-state index contributed by atoms with van der Waals surface area (Å²) in [6, 6.07) is 24.7. The molecule has 0 bridgehead atoms. The maximum atomic E-state index is 12.3. The Labute approximate surface area is 206 Å². The number of aryl methyl sites for hydroxylation is 1. The summed E-state index contributed by atoms with van der Waals surface area (Å²) < 4.78 is 10.8. The average Bonchev–Trinajstić information content (AvgIpc) is 2.89. The largest absolute Gasteiger partial charge is 0.494 e. The number of carbonyl (C=O) groups is 2. The van der Waals surface area contributed by atoms with Gasteiger partial charge in [-0.3, -0.25) is 9.59 Å². The molecular weight excluding hydrogens is 442 g/mol. The van der Waals surface area contributed by atoms with Gasteiger partial charge in [-0.1, -0.05) is 36.4 Å². The van der Waals surface area contributed by atoms with E-state index in [1.807, 2.05) is 42.5 Å². The van der Waals surface area contributed by atoms with Crippen LogP contribution in [-0.2, 0) is 16.0 Å². The molecule has 3 aromatic carbocycles. The van der Waals surface area contributed by atoms with Crippen molar-refractivity contribution in [3.63, 3.8) is 0 Å². The molecule has 0 spiro atoms. The fourth-order valence-electron chi connectivity index (χ4n) is 3.42. The van der Waals surface area contributed by atoms with E-state index >= 15 is 0 Å². The van der Waals surface area contributed by atoms with E-state index in [0.29, 0.717) is 31.0 Å². The Morgan fingerprint density at radius 1 is 0.829 bits per heavy atom. The Hall–Kier alpha value is -3.84. The number of ether oxygens (including phenoxy) is 2. The van der Waals surface area contributed by atoms with E-state index < -0.39 is 0 Å². The van der Waals surface area contributed by atoms with Gasteiger partial charge in [0, 0.05) is 43.3 Å². The summed E-state index contributed by atoms with van der Waals surface area (Å²) in [5, 5.41) is 8.78. The summed E-state index contributed by atoms with van der Waals surface area (Å²) >= 11 is 0. The molecule has 184 valence electrons. The van der Waals surface area contributed by atoms with Crippen LogP contribution in [0.4, 0.5) is 11.4 Å². The smallest absolute Gasteiger partial charge is 0.251 e. The van der Waals surface area contributed by atoms with Gasteiger partial charge >= 0.3 is 0 Å². The second-order valence-electron chi connectivity index (χ2n) is 8.05. The average molecular weight is 476 g/mol. The minimum atomic E-state index is -0.184. The van der Waals surface area contributed by atoms with Crippen molar-refractivity contribution in [2.75, 3.05) is 44.0 Å². The van der Waals surface area contributed by atoms with Crippen LogP contribution >= 0.6 is 0 Å². The highest BCUT2D eigenvalue weighted by atomic mass is 16.5. The monoisotopic (exact) mass is 475 g/mol. The zero-order valence-electron chi connectivity index (χ0n) is 20.1. The number of rotatable bonds is 14. The summed E-state index contributed by atoms with van der Waals surface area (Å²) in [7, 11) is 1.63. The molecule has 2 amide bonds. The van der Waals surface area contributed by atoms with Crippen molar-refractivity contribution in [2.24, 2.45) is 0 Å². The van der Waals surface area contributed by atoms with Crippen LogP contribution in [0, 0.1) is 0 Å². The molecule has 0 saturated heterocycles. The van der Waals surface area contributed by atoms with E-state index in [2.05, 4.69) is 28.1 Å². The molecule has 7 heteroatoms. The van der Waals surface area contributed by atoms with Gasteiger partial charge in [0.1, 0.15) is 5.75 Å². The van der Waals surface area contributed by atoms with Crippen LogP contribution in [0.25, 0.3) is 0 Å². The quantitative estimate of drug-likeness (QED) is 0.299. The van der Waals surface area contributed by atoms with Crippen molar-refractivity contribution < 1.29 is 19.1 Å². The molecule has 35 heavy (non-hydrogen) atoms. The van der Waals surface area contributed by atoms with E-state index in [1.165, 1.54) is 5.56 Å². The Balaban J connectivity index is 1.38. The molecule has 0 aliphatic carbocycles. The van der Waals surface area contributed by atoms with E-state index in [0.717, 1.165) is 30.7 Å². The highest BCUT2D eigenvalue weighted by molar-refractivity contribution is 5.96. The van der Waals surface area contributed by atoms with Crippen LogP contribution in [-0.4, -0.2) is 45.2 Å². The molecule has 0 aliphatic heterocycles. The molecule has 3 aromatic rings. The van der Waals surface area contributed by atoms with Crippen molar-refractivity contribution in [3.8, 4) is 5.75 Å². The molecule has 0 heterocycles. The van der Waals surface area contributed by atoms with Crippen molar-refractivity contribution >= 4 is 23.2 Å². The van der Waals surface area contributed by atoms with Gasteiger partial charge in [0.15, 0.2) is 0 Å². The van der Waals surface area contributed by atoms with E-state index in [-0.39, 0.29) is 18.4 Å². The third-order valence-corrected chi connectivity index (χ3v) is 5.25. The Kier molecular flexibility index (Phi) is 10.6. The van der Waals surface area contributed by atoms with Gasteiger partial charge in [0.25, 0.3) is 5.91 Å². The standard InChI is InChI=1S/C28H33N3O4/c1-34-18-7-17-29-28(33)23-13-15-24(16-14-23)31-27(32)21-30-25-11-5-12-26(20-25)35-19-6-10-22-8-3-2-4-9-22/h2-5,8-9,11-16,20,30H,6-7,10,17-19,21H2,1H3,(H,29,33)(H,31,32). The molecule has 0 aromatic heterocycles. The summed E-state index contributed by atoms with van der Waals surface area (Å²) in [4.78, 5) is 24.5. The lowest BCUT2D eigenvalue weighted by molar-refractivity contribution is -0.114. The molecule has 0 radical (unpaired) electrons. The van der Waals surface area contributed by atoms with E-state index in [4.69, 9.17) is 9.47 Å². The predicted octanol–water partition coefficient (Wildman–Crippen LogP) is 4.52. The summed E-state index contributed by atoms with van der Waals surface area (Å²) in [6.07, 6.45) is 2.66. The van der Waals surface area contributed by atoms with Crippen LogP contribution in [0.2, 0.25) is 0 Å². The molecule has 3 rings (SSSR count). The number of hydrogen-bond acceptors (Lipinski definition) is 5. The molecule has 0 atom stereocenters. The number of benzene rings is 3. The molecule has 7 nitrogen and oxygen atoms in total. The van der Waals surface area contributed by atoms with E-state index in [1.54, 1.807) is 31.4 Å². The predicted molar refractivity (Wildman–Crippen MR) is 139 cm³/mol. The number of nitrogens with one attached hydrogen (secondary N) is 3. The molecular formula is C28H33N3O4. The molecule has 0 fully saturated rings. The first-order valence-corrected chi connectivity index (χ1v) is 11.8.